The van der Waals surface area contributed by atoms with E-state index >= 15 is 0 Å². The van der Waals surface area contributed by atoms with Crippen LogP contribution in [0.4, 0.5) is 0 Å². The van der Waals surface area contributed by atoms with Gasteiger partial charge in [-0.15, -0.1) is 11.3 Å². The molecule has 150 valence electrons. The standard InChI is InChI=1S/C21H26N2O4S/c1-5-13-6-7-19-14(8-13)9-20(28-19)21(24)23-22-12-16-17(26-3)10-15(25-2)11-18(16)27-4/h9-13H,5-8H2,1-4H3,(H,23,24)/b22-12-/t13-/m1/s1. The van der Waals surface area contributed by atoms with Crippen molar-refractivity contribution in [2.24, 2.45) is 11.0 Å². The first kappa shape index (κ1) is 20.2. The van der Waals surface area contributed by atoms with Crippen molar-refractivity contribution in [1.82, 2.24) is 5.43 Å². The van der Waals surface area contributed by atoms with Crippen LogP contribution < -0.4 is 19.6 Å². The maximum absolute atomic E-state index is 12.5. The summed E-state index contributed by atoms with van der Waals surface area (Å²) in [6, 6.07) is 5.49. The molecule has 28 heavy (non-hydrogen) atoms. The minimum atomic E-state index is -0.199. The van der Waals surface area contributed by atoms with Crippen LogP contribution in [0.15, 0.2) is 23.3 Å². The average molecular weight is 403 g/mol. The van der Waals surface area contributed by atoms with Crippen LogP contribution in [0.25, 0.3) is 0 Å². The van der Waals surface area contributed by atoms with Gasteiger partial charge in [0.1, 0.15) is 17.2 Å². The Kier molecular flexibility index (Phi) is 6.57. The monoisotopic (exact) mass is 402 g/mol. The number of amides is 1. The second-order valence-corrected chi connectivity index (χ2v) is 7.86. The number of thiophene rings is 1. The summed E-state index contributed by atoms with van der Waals surface area (Å²) in [5, 5.41) is 4.11. The van der Waals surface area contributed by atoms with Gasteiger partial charge >= 0.3 is 0 Å². The molecule has 1 atom stereocenters. The van der Waals surface area contributed by atoms with Crippen molar-refractivity contribution in [1.29, 1.82) is 0 Å². The quantitative estimate of drug-likeness (QED) is 0.560. The van der Waals surface area contributed by atoms with E-state index in [0.717, 1.165) is 18.8 Å². The fourth-order valence-electron chi connectivity index (χ4n) is 3.43. The first-order valence-electron chi connectivity index (χ1n) is 9.34. The van der Waals surface area contributed by atoms with E-state index in [1.807, 2.05) is 6.07 Å². The van der Waals surface area contributed by atoms with Crippen molar-refractivity contribution in [3.05, 3.63) is 39.1 Å². The largest absolute Gasteiger partial charge is 0.496 e. The van der Waals surface area contributed by atoms with Crippen LogP contribution >= 0.6 is 11.3 Å². The Morgan fingerprint density at radius 2 is 1.93 bits per heavy atom. The van der Waals surface area contributed by atoms with Gasteiger partial charge in [0.15, 0.2) is 0 Å². The predicted octanol–water partition coefficient (Wildman–Crippen LogP) is 4.05. The lowest BCUT2D eigenvalue weighted by atomic mass is 9.87. The third kappa shape index (κ3) is 4.30. The highest BCUT2D eigenvalue weighted by molar-refractivity contribution is 7.14. The number of benzene rings is 1. The van der Waals surface area contributed by atoms with E-state index in [9.17, 15) is 4.79 Å². The third-order valence-corrected chi connectivity index (χ3v) is 6.33. The molecule has 0 aliphatic heterocycles. The van der Waals surface area contributed by atoms with Crippen LogP contribution in [0.5, 0.6) is 17.2 Å². The van der Waals surface area contributed by atoms with Gasteiger partial charge in [-0.1, -0.05) is 13.3 Å². The summed E-state index contributed by atoms with van der Waals surface area (Å²) >= 11 is 1.57. The Morgan fingerprint density at radius 3 is 2.54 bits per heavy atom. The van der Waals surface area contributed by atoms with E-state index in [2.05, 4.69) is 17.5 Å². The summed E-state index contributed by atoms with van der Waals surface area (Å²) in [7, 11) is 4.69. The number of methoxy groups -OCH3 is 3. The molecule has 0 fully saturated rings. The minimum Gasteiger partial charge on any atom is -0.496 e. The highest BCUT2D eigenvalue weighted by atomic mass is 32.1. The lowest BCUT2D eigenvalue weighted by Gasteiger charge is -2.19. The molecule has 3 rings (SSSR count). The predicted molar refractivity (Wildman–Crippen MR) is 111 cm³/mol. The molecule has 1 aliphatic rings. The summed E-state index contributed by atoms with van der Waals surface area (Å²) in [6.07, 6.45) is 6.05. The normalized spacial score (nSPS) is 15.9. The number of rotatable bonds is 7. The molecule has 0 radical (unpaired) electrons. The number of fused-ring (bicyclic) bond motifs is 1. The second kappa shape index (κ2) is 9.10. The van der Waals surface area contributed by atoms with Crippen molar-refractivity contribution >= 4 is 23.5 Å². The van der Waals surface area contributed by atoms with Gasteiger partial charge in [-0.25, -0.2) is 5.43 Å². The number of hydrogen-bond acceptors (Lipinski definition) is 6. The van der Waals surface area contributed by atoms with E-state index in [1.165, 1.54) is 29.5 Å². The van der Waals surface area contributed by atoms with Crippen LogP contribution in [0, 0.1) is 5.92 Å². The Balaban J connectivity index is 1.73. The minimum absolute atomic E-state index is 0.199. The fraction of sp³-hybridized carbons (Fsp3) is 0.429. The van der Waals surface area contributed by atoms with Gasteiger partial charge in [0, 0.05) is 17.0 Å². The van der Waals surface area contributed by atoms with Crippen LogP contribution in [-0.2, 0) is 12.8 Å². The Labute approximate surface area is 169 Å². The summed E-state index contributed by atoms with van der Waals surface area (Å²) in [6.45, 7) is 2.23. The highest BCUT2D eigenvalue weighted by Crippen LogP contribution is 2.34. The molecule has 1 N–H and O–H groups in total. The van der Waals surface area contributed by atoms with Crippen molar-refractivity contribution < 1.29 is 19.0 Å². The molecule has 0 unspecified atom stereocenters. The molecule has 1 aliphatic carbocycles. The summed E-state index contributed by atoms with van der Waals surface area (Å²) < 4.78 is 16.0. The van der Waals surface area contributed by atoms with Gasteiger partial charge in [-0.3, -0.25) is 4.79 Å². The number of carbonyl (C=O) groups excluding carboxylic acids is 1. The van der Waals surface area contributed by atoms with Gasteiger partial charge in [-0.2, -0.15) is 5.10 Å². The molecule has 1 amide bonds. The molecule has 0 spiro atoms. The SMILES string of the molecule is CC[C@@H]1CCc2sc(C(=O)N/N=C\c3c(OC)cc(OC)cc3OC)cc2C1. The topological polar surface area (TPSA) is 69.2 Å². The van der Waals surface area contributed by atoms with Crippen LogP contribution in [0.2, 0.25) is 0 Å². The van der Waals surface area contributed by atoms with Crippen LogP contribution in [0.3, 0.4) is 0 Å². The molecule has 0 saturated heterocycles. The van der Waals surface area contributed by atoms with Crippen molar-refractivity contribution in [2.45, 2.75) is 32.6 Å². The molecule has 0 bridgehead atoms. The van der Waals surface area contributed by atoms with E-state index in [4.69, 9.17) is 14.2 Å². The zero-order valence-corrected chi connectivity index (χ0v) is 17.5. The molecule has 7 heteroatoms. The Bertz CT molecular complexity index is 850. The second-order valence-electron chi connectivity index (χ2n) is 6.72. The van der Waals surface area contributed by atoms with Gasteiger partial charge in [0.05, 0.1) is 38.0 Å². The first-order valence-corrected chi connectivity index (χ1v) is 10.2. The van der Waals surface area contributed by atoms with Crippen LogP contribution in [0.1, 0.15) is 45.4 Å². The number of nitrogens with zero attached hydrogens (tertiary/aromatic N) is 1. The number of hydrogen-bond donors (Lipinski definition) is 1. The van der Waals surface area contributed by atoms with E-state index < -0.39 is 0 Å². The Morgan fingerprint density at radius 1 is 1.21 bits per heavy atom. The molecule has 2 aromatic rings. The molecule has 1 aromatic heterocycles. The average Bonchev–Trinajstić information content (AvgIpc) is 3.16. The van der Waals surface area contributed by atoms with E-state index in [1.54, 1.807) is 44.8 Å². The lowest BCUT2D eigenvalue weighted by Crippen LogP contribution is -2.16. The van der Waals surface area contributed by atoms with Gasteiger partial charge in [0.25, 0.3) is 5.91 Å². The zero-order valence-electron chi connectivity index (χ0n) is 16.7. The first-order chi connectivity index (χ1) is 13.6. The molecule has 0 saturated carbocycles. The highest BCUT2D eigenvalue weighted by Gasteiger charge is 2.22. The number of carbonyl (C=O) groups is 1. The number of aryl methyl sites for hydroxylation is 1. The number of nitrogens with one attached hydrogen (secondary N) is 1. The zero-order chi connectivity index (χ0) is 20.1. The molecule has 1 aromatic carbocycles. The van der Waals surface area contributed by atoms with Crippen LogP contribution in [-0.4, -0.2) is 33.5 Å². The van der Waals surface area contributed by atoms with Gasteiger partial charge in [0.2, 0.25) is 0 Å². The van der Waals surface area contributed by atoms with Crippen molar-refractivity contribution in [3.8, 4) is 17.2 Å². The summed E-state index contributed by atoms with van der Waals surface area (Å²) in [4.78, 5) is 14.5. The lowest BCUT2D eigenvalue weighted by molar-refractivity contribution is 0.0959. The third-order valence-electron chi connectivity index (χ3n) is 5.10. The van der Waals surface area contributed by atoms with E-state index in [-0.39, 0.29) is 5.91 Å². The number of ether oxygens (including phenoxy) is 3. The maximum atomic E-state index is 12.5. The maximum Gasteiger partial charge on any atom is 0.281 e. The molecular weight excluding hydrogens is 376 g/mol. The van der Waals surface area contributed by atoms with Gasteiger partial charge in [-0.05, 0) is 36.8 Å². The molecular formula is C21H26N2O4S. The molecule has 1 heterocycles. The van der Waals surface area contributed by atoms with E-state index in [0.29, 0.717) is 27.7 Å². The van der Waals surface area contributed by atoms with Gasteiger partial charge < -0.3 is 14.2 Å². The molecule has 6 nitrogen and oxygen atoms in total. The Hall–Kier alpha value is -2.54. The summed E-state index contributed by atoms with van der Waals surface area (Å²) in [5.74, 6) is 2.24. The fourth-order valence-corrected chi connectivity index (χ4v) is 4.53. The smallest absolute Gasteiger partial charge is 0.281 e. The number of hydrazone groups is 1. The van der Waals surface area contributed by atoms with Crippen molar-refractivity contribution in [2.75, 3.05) is 21.3 Å². The summed E-state index contributed by atoms with van der Waals surface area (Å²) in [5.41, 5.74) is 4.55. The van der Waals surface area contributed by atoms with Crippen molar-refractivity contribution in [3.63, 3.8) is 0 Å².